The van der Waals surface area contributed by atoms with Crippen molar-refractivity contribution in [3.05, 3.63) is 137 Å². The lowest BCUT2D eigenvalue weighted by Crippen LogP contribution is -2.29. The molecule has 8 aromatic rings. The minimum Gasteiger partial charge on any atom is -0.479 e. The first kappa shape index (κ1) is 52.3. The zero-order valence-corrected chi connectivity index (χ0v) is 33.4. The third-order valence-corrected chi connectivity index (χ3v) is 8.55. The molecule has 0 aliphatic heterocycles. The molecule has 0 spiro atoms. The molecule has 0 saturated carbocycles. The Labute approximate surface area is 368 Å². The van der Waals surface area contributed by atoms with Crippen LogP contribution in [0.4, 0.5) is 26.3 Å². The summed E-state index contributed by atoms with van der Waals surface area (Å²) in [5, 5.41) is 51.6. The summed E-state index contributed by atoms with van der Waals surface area (Å²) in [4.78, 5) is 21.6. The van der Waals surface area contributed by atoms with Gasteiger partial charge in [0.15, 0.2) is 11.0 Å². The number of rotatable bonds is 8. The van der Waals surface area contributed by atoms with Crippen molar-refractivity contribution in [2.75, 3.05) is 7.11 Å². The lowest BCUT2D eigenvalue weighted by atomic mass is 9.80. The van der Waals surface area contributed by atoms with E-state index in [9.17, 15) is 31.1 Å². The van der Waals surface area contributed by atoms with Crippen LogP contribution in [0.15, 0.2) is 114 Å². The highest BCUT2D eigenvalue weighted by molar-refractivity contribution is 6.58. The Hall–Kier alpha value is -7.07. The van der Waals surface area contributed by atoms with Gasteiger partial charge in [0.25, 0.3) is 5.56 Å². The average Bonchev–Trinajstić information content (AvgIpc) is 3.91. The first-order valence-electron chi connectivity index (χ1n) is 18.6. The molecule has 23 heteroatoms. The highest BCUT2D eigenvalue weighted by Crippen LogP contribution is 2.30. The van der Waals surface area contributed by atoms with Crippen LogP contribution in [0.3, 0.4) is 0 Å². The number of aromatic nitrogens is 8. The van der Waals surface area contributed by atoms with Gasteiger partial charge >= 0.3 is 20.6 Å². The summed E-state index contributed by atoms with van der Waals surface area (Å²) in [5.74, 6) is -0.929. The third kappa shape index (κ3) is 14.2. The minimum absolute atomic E-state index is 0. The lowest BCUT2D eigenvalue weighted by Gasteiger charge is -2.08. The van der Waals surface area contributed by atoms with Gasteiger partial charge in [-0.2, -0.15) is 19.8 Å². The average molecular weight is 908 g/mol. The molecule has 0 unspecified atom stereocenters. The summed E-state index contributed by atoms with van der Waals surface area (Å²) in [6, 6.07) is 21.5. The van der Waals surface area contributed by atoms with E-state index in [1.165, 1.54) is 53.3 Å². The molecule has 4 heterocycles. The Morgan fingerprint density at radius 2 is 1.02 bits per heavy atom. The fourth-order valence-corrected chi connectivity index (χ4v) is 5.47. The summed E-state index contributed by atoms with van der Waals surface area (Å²) in [6.07, 6.45) is -1.49. The van der Waals surface area contributed by atoms with E-state index < -0.39 is 26.3 Å². The van der Waals surface area contributed by atoms with Gasteiger partial charge in [-0.1, -0.05) is 63.4 Å². The summed E-state index contributed by atoms with van der Waals surface area (Å²) < 4.78 is 82.0. The number of hydrogen-bond donors (Lipinski definition) is 5. The molecule has 0 aliphatic rings. The van der Waals surface area contributed by atoms with Gasteiger partial charge in [-0.3, -0.25) is 4.79 Å². The monoisotopic (exact) mass is 908 g/mol. The van der Waals surface area contributed by atoms with E-state index in [4.69, 9.17) is 24.8 Å². The second-order valence-electron chi connectivity index (χ2n) is 12.8. The number of hydrogen-bond acceptors (Lipinski definition) is 12. The maximum atomic E-state index is 13.0. The molecule has 0 saturated heterocycles. The molecule has 65 heavy (non-hydrogen) atoms. The Bertz CT molecular complexity index is 2780. The first-order chi connectivity index (χ1) is 30.0. The van der Waals surface area contributed by atoms with Crippen LogP contribution in [0.2, 0.25) is 0 Å². The fraction of sp³-hybridized carbons (Fsp3) is 0.190. The van der Waals surface area contributed by atoms with Gasteiger partial charge in [-0.25, -0.2) is 18.2 Å². The number of aromatic amines is 1. The number of aryl methyl sites for hydroxylation is 2. The smallest absolute Gasteiger partial charge is 0.479 e. The number of H-pyrrole nitrogens is 1. The summed E-state index contributed by atoms with van der Waals surface area (Å²) in [7, 11) is -1.67. The van der Waals surface area contributed by atoms with Crippen molar-refractivity contribution in [3.63, 3.8) is 0 Å². The van der Waals surface area contributed by atoms with Crippen molar-refractivity contribution in [1.82, 2.24) is 40.0 Å². The molecule has 4 aromatic carbocycles. The van der Waals surface area contributed by atoms with Crippen molar-refractivity contribution in [1.29, 1.82) is 0 Å². The number of alkyl halides is 3. The Balaban J connectivity index is 0.000000235. The van der Waals surface area contributed by atoms with Crippen LogP contribution in [0.5, 0.6) is 11.6 Å². The molecule has 0 radical (unpaired) electrons. The first-order valence-corrected chi connectivity index (χ1v) is 18.6. The molecule has 0 amide bonds. The van der Waals surface area contributed by atoms with E-state index >= 15 is 0 Å². The number of ether oxygens (including phenoxy) is 2. The lowest BCUT2D eigenvalue weighted by molar-refractivity contribution is -0.274. The number of pyridine rings is 2. The molecule has 342 valence electrons. The molecule has 8 rings (SSSR count). The van der Waals surface area contributed by atoms with Gasteiger partial charge in [0.05, 0.1) is 20.2 Å². The van der Waals surface area contributed by atoms with Gasteiger partial charge in [0.1, 0.15) is 34.2 Å². The summed E-state index contributed by atoms with van der Waals surface area (Å²) >= 11 is 0. The highest BCUT2D eigenvalue weighted by Gasteiger charge is 2.31. The van der Waals surface area contributed by atoms with Crippen molar-refractivity contribution >= 4 is 47.2 Å². The van der Waals surface area contributed by atoms with E-state index in [2.05, 4.69) is 35.1 Å². The zero-order valence-electron chi connectivity index (χ0n) is 33.4. The molecule has 5 N–H and O–H groups in total. The fourth-order valence-electron chi connectivity index (χ4n) is 5.47. The topological polar surface area (TPSA) is 207 Å². The van der Waals surface area contributed by atoms with Crippen LogP contribution < -0.4 is 26.0 Å². The number of benzene rings is 4. The maximum absolute atomic E-state index is 13.0. The van der Waals surface area contributed by atoms with Crippen molar-refractivity contribution in [2.45, 2.75) is 48.2 Å². The van der Waals surface area contributed by atoms with E-state index in [0.717, 1.165) is 46.5 Å². The van der Waals surface area contributed by atoms with Gasteiger partial charge in [0, 0.05) is 23.5 Å². The molecule has 0 fully saturated rings. The number of methoxy groups -OCH3 is 1. The Morgan fingerprint density at radius 1 is 0.615 bits per heavy atom. The van der Waals surface area contributed by atoms with E-state index in [-0.39, 0.29) is 43.3 Å². The minimum atomic E-state index is -4.74. The van der Waals surface area contributed by atoms with E-state index in [1.807, 2.05) is 13.8 Å². The van der Waals surface area contributed by atoms with Crippen LogP contribution in [0, 0.1) is 17.5 Å². The van der Waals surface area contributed by atoms with Gasteiger partial charge < -0.3 is 34.6 Å². The third-order valence-electron chi connectivity index (χ3n) is 8.55. The second-order valence-corrected chi connectivity index (χ2v) is 12.8. The zero-order chi connectivity index (χ0) is 45.8. The summed E-state index contributed by atoms with van der Waals surface area (Å²) in [6.45, 7) is 5.08. The number of fused-ring (bicyclic) bond motifs is 2. The number of halogens is 6. The summed E-state index contributed by atoms with van der Waals surface area (Å²) in [5.41, 5.74) is 5.40. The van der Waals surface area contributed by atoms with Crippen molar-refractivity contribution < 1.29 is 55.9 Å². The van der Waals surface area contributed by atoms with Crippen LogP contribution in [-0.4, -0.2) is 87.8 Å². The van der Waals surface area contributed by atoms with Gasteiger partial charge in [0.2, 0.25) is 5.88 Å². The quantitative estimate of drug-likeness (QED) is 0.0927. The molecular formula is C42H44B2F6N8O7. The van der Waals surface area contributed by atoms with Gasteiger partial charge in [-0.05, 0) is 84.4 Å². The van der Waals surface area contributed by atoms with Crippen LogP contribution in [0.25, 0.3) is 44.3 Å². The molecule has 0 bridgehead atoms. The van der Waals surface area contributed by atoms with E-state index in [1.54, 1.807) is 48.6 Å². The molecule has 15 nitrogen and oxygen atoms in total. The van der Waals surface area contributed by atoms with Gasteiger partial charge in [-0.15, -0.1) is 23.4 Å². The Kier molecular flexibility index (Phi) is 19.0. The van der Waals surface area contributed by atoms with E-state index in [0.29, 0.717) is 46.5 Å². The van der Waals surface area contributed by atoms with Crippen LogP contribution >= 0.6 is 0 Å². The number of nitrogens with one attached hydrogen (secondary N) is 1. The maximum Gasteiger partial charge on any atom is 0.573 e. The van der Waals surface area contributed by atoms with Crippen molar-refractivity contribution in [2.24, 2.45) is 0 Å². The normalized spacial score (nSPS) is 10.5. The SMILES string of the molecule is C.C.CCn1nc2c(-c3ccc(F)cc3)c[nH]c(=O)c2n1.CCn1nc2c(-c3ccc(F)cc3)cnc(OC)c2n1.OB(O)c1ccc(F)cc1.OB(O)c1ccc(OC(F)(F)F)cc1. The molecular weight excluding hydrogens is 864 g/mol. The number of nitrogens with zero attached hydrogens (tertiary/aromatic N) is 7. The largest absolute Gasteiger partial charge is 0.573 e. The predicted octanol–water partition coefficient (Wildman–Crippen LogP) is 5.65. The predicted molar refractivity (Wildman–Crippen MR) is 235 cm³/mol. The highest BCUT2D eigenvalue weighted by atomic mass is 19.4. The van der Waals surface area contributed by atoms with Crippen LogP contribution in [0.1, 0.15) is 28.7 Å². The Morgan fingerprint density at radius 3 is 1.45 bits per heavy atom. The second kappa shape index (κ2) is 23.6. The standard InChI is InChI=1S/C14H13FN4O.C13H11FN4O.C7H6BF3O3.C6H6BFO2.2CH4/c1-3-19-17-12-11(9-4-6-10(15)7-5-9)8-16-14(20-2)13(12)18-19;1-2-18-16-11-10(7-15-13(19)12(11)17-18)8-3-5-9(14)6-4-8;9-7(10,11)14-6-3-1-5(2-4-6)8(12)13;8-6-3-1-5(2-4-6)7(9)10;;/h4-8H,3H2,1-2H3;3-7H,2H2,1H3,(H,15,19);1-4,12-13H;1-4,9-10H;2*1H4. The molecule has 0 atom stereocenters. The molecule has 0 aliphatic carbocycles. The van der Waals surface area contributed by atoms with Crippen molar-refractivity contribution in [3.8, 4) is 33.9 Å². The van der Waals surface area contributed by atoms with Crippen LogP contribution in [-0.2, 0) is 13.1 Å². The molecule has 4 aromatic heterocycles.